The number of fused-ring (bicyclic) bond motifs is 6. The zero-order chi connectivity index (χ0) is 40.9. The third-order valence-electron chi connectivity index (χ3n) is 11.1. The summed E-state index contributed by atoms with van der Waals surface area (Å²) in [4.78, 5) is 20.4. The largest absolute Gasteiger partial charge is 0.308 e. The van der Waals surface area contributed by atoms with Gasteiger partial charge in [-0.1, -0.05) is 127 Å². The van der Waals surface area contributed by atoms with Gasteiger partial charge in [0.25, 0.3) is 0 Å². The van der Waals surface area contributed by atoms with Crippen molar-refractivity contribution in [3.05, 3.63) is 200 Å². The first kappa shape index (κ1) is 36.2. The molecule has 0 radical (unpaired) electrons. The van der Waals surface area contributed by atoms with Gasteiger partial charge in [-0.2, -0.15) is 0 Å². The number of allylic oxidation sites excluding steroid dienone is 4. The zero-order valence-corrected chi connectivity index (χ0v) is 34.0. The zero-order valence-electron chi connectivity index (χ0n) is 33.1. The Balaban J connectivity index is 1.14. The average Bonchev–Trinajstić information content (AvgIpc) is 3.85. The normalized spacial score (nSPS) is 12.6. The maximum atomic E-state index is 6.05. The maximum absolute atomic E-state index is 6.05. The topological polar surface area (TPSA) is 51.8 Å². The molecule has 11 rings (SSSR count). The van der Waals surface area contributed by atoms with Crippen molar-refractivity contribution in [1.29, 1.82) is 0 Å². The molecule has 1 aliphatic heterocycles. The number of imidazole rings is 1. The SMILES string of the molecule is C#CC(=CC=CC)c1cc(-c2ccccc2)nc(-c2ccc(-n3c(-n4c5ccccc5c5ccccc54)nc4cc5c(cc43)N(c3ccccc3)c3ccccc3S5)cc2)n1. The van der Waals surface area contributed by atoms with E-state index < -0.39 is 0 Å². The number of aromatic nitrogens is 5. The van der Waals surface area contributed by atoms with E-state index in [2.05, 4.69) is 172 Å². The lowest BCUT2D eigenvalue weighted by Gasteiger charge is -2.33. The molecule has 6 nitrogen and oxygen atoms in total. The second-order valence-electron chi connectivity index (χ2n) is 14.8. The van der Waals surface area contributed by atoms with Crippen LogP contribution in [0.3, 0.4) is 0 Å². The lowest BCUT2D eigenvalue weighted by atomic mass is 10.1. The molecule has 0 spiro atoms. The Morgan fingerprint density at radius 3 is 1.97 bits per heavy atom. The van der Waals surface area contributed by atoms with E-state index in [9.17, 15) is 0 Å². The summed E-state index contributed by atoms with van der Waals surface area (Å²) in [5.41, 5.74) is 12.4. The first-order chi connectivity index (χ1) is 30.2. The van der Waals surface area contributed by atoms with Gasteiger partial charge in [0.1, 0.15) is 0 Å². The highest BCUT2D eigenvalue weighted by molar-refractivity contribution is 7.99. The molecule has 0 saturated carbocycles. The Bertz CT molecular complexity index is 3360. The van der Waals surface area contributed by atoms with Crippen molar-refractivity contribution >= 4 is 67.2 Å². The summed E-state index contributed by atoms with van der Waals surface area (Å²) >= 11 is 1.79. The third kappa shape index (κ3) is 6.21. The van der Waals surface area contributed by atoms with Gasteiger partial charge in [0.05, 0.1) is 50.4 Å². The molecule has 61 heavy (non-hydrogen) atoms. The molecule has 10 aromatic rings. The summed E-state index contributed by atoms with van der Waals surface area (Å²) in [7, 11) is 0. The molecule has 4 heterocycles. The number of terminal acetylenes is 1. The highest BCUT2D eigenvalue weighted by Crippen LogP contribution is 2.52. The van der Waals surface area contributed by atoms with Crippen LogP contribution >= 0.6 is 11.8 Å². The van der Waals surface area contributed by atoms with E-state index in [1.165, 1.54) is 15.7 Å². The van der Waals surface area contributed by atoms with Crippen LogP contribution in [-0.4, -0.2) is 24.1 Å². The van der Waals surface area contributed by atoms with Crippen LogP contribution in [0, 0.1) is 12.3 Å². The van der Waals surface area contributed by atoms with Crippen LogP contribution < -0.4 is 4.90 Å². The molecular formula is C54H36N6S. The van der Waals surface area contributed by atoms with Crippen LogP contribution in [0.1, 0.15) is 12.6 Å². The van der Waals surface area contributed by atoms with E-state index in [0.717, 1.165) is 72.5 Å². The smallest absolute Gasteiger partial charge is 0.220 e. The minimum atomic E-state index is 0.589. The Hall–Kier alpha value is -7.92. The summed E-state index contributed by atoms with van der Waals surface area (Å²) in [6.45, 7) is 1.97. The van der Waals surface area contributed by atoms with Gasteiger partial charge in [-0.25, -0.2) is 15.0 Å². The van der Waals surface area contributed by atoms with E-state index in [-0.39, 0.29) is 0 Å². The van der Waals surface area contributed by atoms with Crippen molar-refractivity contribution in [1.82, 2.24) is 24.1 Å². The standard InChI is InChI=1S/C54H36N6S/c1-3-5-18-36(4-2)43-33-44(37-19-8-6-9-20-37)56-53(55-43)38-29-31-40(32-30-38)59-49-35-50-52(61-51-28-17-16-27-48(51)58(50)39-21-10-7-11-22-39)34-45(49)57-54(59)60-46-25-14-12-23-41(46)42-24-13-15-26-47(42)60/h2-3,5-35H,1H3. The van der Waals surface area contributed by atoms with Crippen molar-refractivity contribution in [2.75, 3.05) is 4.90 Å². The van der Waals surface area contributed by atoms with E-state index in [1.807, 2.05) is 49.4 Å². The van der Waals surface area contributed by atoms with Crippen molar-refractivity contribution in [3.63, 3.8) is 0 Å². The molecule has 0 saturated heterocycles. The Morgan fingerprint density at radius 2 is 1.25 bits per heavy atom. The monoisotopic (exact) mass is 800 g/mol. The molecule has 0 N–H and O–H groups in total. The van der Waals surface area contributed by atoms with E-state index >= 15 is 0 Å². The fourth-order valence-electron chi connectivity index (χ4n) is 8.34. The lowest BCUT2D eigenvalue weighted by Crippen LogP contribution is -2.15. The number of hydrogen-bond acceptors (Lipinski definition) is 5. The van der Waals surface area contributed by atoms with Gasteiger partial charge in [-0.15, -0.1) is 6.42 Å². The number of para-hydroxylation sites is 4. The van der Waals surface area contributed by atoms with E-state index in [4.69, 9.17) is 21.4 Å². The molecule has 7 aromatic carbocycles. The molecule has 0 fully saturated rings. The second kappa shape index (κ2) is 15.0. The fraction of sp³-hybridized carbons (Fsp3) is 0.0185. The number of hydrogen-bond donors (Lipinski definition) is 0. The van der Waals surface area contributed by atoms with Gasteiger partial charge in [-0.3, -0.25) is 9.13 Å². The van der Waals surface area contributed by atoms with Crippen LogP contribution in [0.25, 0.3) is 72.7 Å². The maximum Gasteiger partial charge on any atom is 0.220 e. The molecule has 1 aliphatic rings. The Labute approximate surface area is 357 Å². The summed E-state index contributed by atoms with van der Waals surface area (Å²) in [5.74, 6) is 4.23. The highest BCUT2D eigenvalue weighted by atomic mass is 32.2. The van der Waals surface area contributed by atoms with Crippen molar-refractivity contribution in [2.45, 2.75) is 16.7 Å². The van der Waals surface area contributed by atoms with Crippen molar-refractivity contribution < 1.29 is 0 Å². The van der Waals surface area contributed by atoms with Crippen molar-refractivity contribution in [2.24, 2.45) is 0 Å². The minimum absolute atomic E-state index is 0.589. The molecule has 3 aromatic heterocycles. The van der Waals surface area contributed by atoms with Crippen LogP contribution in [0.5, 0.6) is 0 Å². The first-order valence-corrected chi connectivity index (χ1v) is 21.0. The third-order valence-corrected chi connectivity index (χ3v) is 12.3. The molecule has 0 aliphatic carbocycles. The summed E-state index contributed by atoms with van der Waals surface area (Å²) in [5, 5.41) is 2.35. The molecule has 0 unspecified atom stereocenters. The quantitative estimate of drug-likeness (QED) is 0.119. The molecular weight excluding hydrogens is 765 g/mol. The van der Waals surface area contributed by atoms with Gasteiger partial charge in [0.15, 0.2) is 5.82 Å². The fourth-order valence-corrected chi connectivity index (χ4v) is 9.41. The molecule has 288 valence electrons. The molecule has 0 bridgehead atoms. The molecule has 0 atom stereocenters. The van der Waals surface area contributed by atoms with Crippen LogP contribution in [0.2, 0.25) is 0 Å². The van der Waals surface area contributed by atoms with Gasteiger partial charge in [0.2, 0.25) is 5.95 Å². The number of benzene rings is 7. The van der Waals surface area contributed by atoms with Gasteiger partial charge >= 0.3 is 0 Å². The van der Waals surface area contributed by atoms with Crippen LogP contribution in [0.15, 0.2) is 204 Å². The average molecular weight is 801 g/mol. The predicted molar refractivity (Wildman–Crippen MR) is 252 cm³/mol. The molecule has 7 heteroatoms. The summed E-state index contributed by atoms with van der Waals surface area (Å²) in [6, 6.07) is 61.5. The van der Waals surface area contributed by atoms with E-state index in [1.54, 1.807) is 11.8 Å². The number of rotatable bonds is 7. The summed E-state index contributed by atoms with van der Waals surface area (Å²) < 4.78 is 4.58. The summed E-state index contributed by atoms with van der Waals surface area (Å²) in [6.07, 6.45) is 11.9. The highest BCUT2D eigenvalue weighted by Gasteiger charge is 2.28. The molecule has 0 amide bonds. The van der Waals surface area contributed by atoms with Gasteiger partial charge in [0, 0.05) is 43.1 Å². The minimum Gasteiger partial charge on any atom is -0.308 e. The lowest BCUT2D eigenvalue weighted by molar-refractivity contribution is 0.955. The predicted octanol–water partition coefficient (Wildman–Crippen LogP) is 13.8. The van der Waals surface area contributed by atoms with Crippen LogP contribution in [0.4, 0.5) is 17.1 Å². The van der Waals surface area contributed by atoms with Crippen LogP contribution in [-0.2, 0) is 0 Å². The Morgan fingerprint density at radius 1 is 0.574 bits per heavy atom. The van der Waals surface area contributed by atoms with Crippen molar-refractivity contribution in [3.8, 4) is 46.6 Å². The van der Waals surface area contributed by atoms with Gasteiger partial charge < -0.3 is 4.90 Å². The number of nitrogens with zero attached hydrogens (tertiary/aromatic N) is 6. The number of anilines is 3. The Kier molecular flexibility index (Phi) is 8.92. The first-order valence-electron chi connectivity index (χ1n) is 20.2. The van der Waals surface area contributed by atoms with Gasteiger partial charge in [-0.05, 0) is 91.9 Å². The second-order valence-corrected chi connectivity index (χ2v) is 15.9. The van der Waals surface area contributed by atoms with E-state index in [0.29, 0.717) is 17.1 Å².